The van der Waals surface area contributed by atoms with Crippen molar-refractivity contribution < 1.29 is 4.74 Å². The third-order valence-electron chi connectivity index (χ3n) is 4.13. The first-order valence-electron chi connectivity index (χ1n) is 7.86. The lowest BCUT2D eigenvalue weighted by atomic mass is 10.1. The summed E-state index contributed by atoms with van der Waals surface area (Å²) in [6, 6.07) is 7.00. The van der Waals surface area contributed by atoms with E-state index in [1.54, 1.807) is 0 Å². The smallest absolute Gasteiger partial charge is 0.125 e. The Hall–Kier alpha value is -0.770. The first kappa shape index (κ1) is 18.3. The number of rotatable bonds is 6. The van der Waals surface area contributed by atoms with E-state index in [0.29, 0.717) is 6.04 Å². The Kier molecular flexibility index (Phi) is 8.09. The van der Waals surface area contributed by atoms with Gasteiger partial charge in [0, 0.05) is 32.2 Å². The number of benzene rings is 1. The third-order valence-corrected chi connectivity index (χ3v) is 4.13. The van der Waals surface area contributed by atoms with Gasteiger partial charge in [-0.1, -0.05) is 31.5 Å². The quantitative estimate of drug-likeness (QED) is 0.873. The Morgan fingerprint density at radius 1 is 1.29 bits per heavy atom. The van der Waals surface area contributed by atoms with Crippen molar-refractivity contribution in [1.29, 1.82) is 0 Å². The van der Waals surface area contributed by atoms with Crippen LogP contribution >= 0.6 is 12.4 Å². The number of piperazine rings is 1. The number of ether oxygens (including phenoxy) is 1. The molecule has 2 rings (SSSR count). The molecule has 0 amide bonds. The van der Waals surface area contributed by atoms with Crippen LogP contribution in [-0.4, -0.2) is 43.7 Å². The van der Waals surface area contributed by atoms with Gasteiger partial charge in [0.1, 0.15) is 12.4 Å². The zero-order valence-electron chi connectivity index (χ0n) is 13.5. The molecule has 21 heavy (non-hydrogen) atoms. The summed E-state index contributed by atoms with van der Waals surface area (Å²) >= 11 is 0. The predicted octanol–water partition coefficient (Wildman–Crippen LogP) is 3.18. The van der Waals surface area contributed by atoms with Gasteiger partial charge in [0.2, 0.25) is 0 Å². The molecule has 0 aromatic heterocycles. The topological polar surface area (TPSA) is 24.5 Å². The summed E-state index contributed by atoms with van der Waals surface area (Å²) in [5.74, 6) is 1.06. The molecule has 3 nitrogen and oxygen atoms in total. The lowest BCUT2D eigenvalue weighted by Gasteiger charge is -2.36. The molecule has 1 aromatic carbocycles. The molecule has 0 saturated carbocycles. The predicted molar refractivity (Wildman–Crippen MR) is 91.8 cm³/mol. The van der Waals surface area contributed by atoms with E-state index in [0.717, 1.165) is 38.5 Å². The Bertz CT molecular complexity index is 403. The maximum atomic E-state index is 6.03. The molecule has 4 heteroatoms. The average Bonchev–Trinajstić information content (AvgIpc) is 2.44. The molecule has 1 atom stereocenters. The van der Waals surface area contributed by atoms with Crippen LogP contribution in [0.25, 0.3) is 0 Å². The van der Waals surface area contributed by atoms with Crippen molar-refractivity contribution >= 4 is 12.4 Å². The number of para-hydroxylation sites is 1. The molecule has 120 valence electrons. The van der Waals surface area contributed by atoms with E-state index in [-0.39, 0.29) is 12.4 Å². The monoisotopic (exact) mass is 312 g/mol. The molecule has 0 bridgehead atoms. The second-order valence-corrected chi connectivity index (χ2v) is 5.75. The molecule has 1 fully saturated rings. The number of hydrogen-bond acceptors (Lipinski definition) is 3. The van der Waals surface area contributed by atoms with Crippen LogP contribution in [0.2, 0.25) is 0 Å². The van der Waals surface area contributed by atoms with E-state index >= 15 is 0 Å². The molecule has 1 N–H and O–H groups in total. The van der Waals surface area contributed by atoms with Crippen molar-refractivity contribution in [1.82, 2.24) is 10.2 Å². The number of hydrogen-bond donors (Lipinski definition) is 1. The van der Waals surface area contributed by atoms with E-state index in [1.807, 2.05) is 0 Å². The second-order valence-electron chi connectivity index (χ2n) is 5.75. The molecular weight excluding hydrogens is 284 g/mol. The SMILES string of the molecule is CCCC1CNCCN1CCOc1c(C)cccc1C.Cl. The van der Waals surface area contributed by atoms with Crippen molar-refractivity contribution in [3.05, 3.63) is 29.3 Å². The summed E-state index contributed by atoms with van der Waals surface area (Å²) in [6.45, 7) is 11.7. The summed E-state index contributed by atoms with van der Waals surface area (Å²) in [5.41, 5.74) is 2.46. The summed E-state index contributed by atoms with van der Waals surface area (Å²) in [4.78, 5) is 2.58. The van der Waals surface area contributed by atoms with Gasteiger partial charge in [-0.05, 0) is 31.4 Å². The van der Waals surface area contributed by atoms with E-state index < -0.39 is 0 Å². The van der Waals surface area contributed by atoms with Gasteiger partial charge >= 0.3 is 0 Å². The minimum Gasteiger partial charge on any atom is -0.492 e. The van der Waals surface area contributed by atoms with Gasteiger partial charge in [-0.2, -0.15) is 0 Å². The first-order chi connectivity index (χ1) is 9.72. The third kappa shape index (κ3) is 5.17. The largest absolute Gasteiger partial charge is 0.492 e. The van der Waals surface area contributed by atoms with Gasteiger partial charge in [0.25, 0.3) is 0 Å². The molecular formula is C17H29ClN2O. The van der Waals surface area contributed by atoms with Gasteiger partial charge in [-0.15, -0.1) is 12.4 Å². The zero-order chi connectivity index (χ0) is 14.4. The molecule has 1 aromatic rings. The van der Waals surface area contributed by atoms with Crippen LogP contribution in [0, 0.1) is 13.8 Å². The Morgan fingerprint density at radius 3 is 2.67 bits per heavy atom. The number of halogens is 1. The normalized spacial score (nSPS) is 19.1. The van der Waals surface area contributed by atoms with Gasteiger partial charge < -0.3 is 10.1 Å². The highest BCUT2D eigenvalue weighted by atomic mass is 35.5. The van der Waals surface area contributed by atoms with E-state index in [2.05, 4.69) is 49.2 Å². The number of nitrogens with zero attached hydrogens (tertiary/aromatic N) is 1. The van der Waals surface area contributed by atoms with Crippen LogP contribution in [0.1, 0.15) is 30.9 Å². The fraction of sp³-hybridized carbons (Fsp3) is 0.647. The summed E-state index contributed by atoms with van der Waals surface area (Å²) < 4.78 is 6.03. The second kappa shape index (κ2) is 9.29. The van der Waals surface area contributed by atoms with Crippen LogP contribution in [0.15, 0.2) is 18.2 Å². The highest BCUT2D eigenvalue weighted by Crippen LogP contribution is 2.22. The standard InChI is InChI=1S/C17H28N2O.ClH/c1-4-6-16-13-18-9-10-19(16)11-12-20-17-14(2)7-5-8-15(17)3;/h5,7-8,16,18H,4,6,9-13H2,1-3H3;1H. The molecule has 1 heterocycles. The van der Waals surface area contributed by atoms with Crippen LogP contribution in [0.3, 0.4) is 0 Å². The Labute approximate surface area is 135 Å². The summed E-state index contributed by atoms with van der Waals surface area (Å²) in [7, 11) is 0. The molecule has 1 aliphatic heterocycles. The van der Waals surface area contributed by atoms with E-state index in [9.17, 15) is 0 Å². The fourth-order valence-electron chi connectivity index (χ4n) is 3.01. The van der Waals surface area contributed by atoms with Crippen LogP contribution in [-0.2, 0) is 0 Å². The van der Waals surface area contributed by atoms with Gasteiger partial charge in [-0.25, -0.2) is 0 Å². The maximum Gasteiger partial charge on any atom is 0.125 e. The van der Waals surface area contributed by atoms with Crippen molar-refractivity contribution in [2.45, 2.75) is 39.7 Å². The van der Waals surface area contributed by atoms with Gasteiger partial charge in [0.05, 0.1) is 0 Å². The van der Waals surface area contributed by atoms with Crippen LogP contribution < -0.4 is 10.1 Å². The van der Waals surface area contributed by atoms with Crippen LogP contribution in [0.5, 0.6) is 5.75 Å². The summed E-state index contributed by atoms with van der Waals surface area (Å²) in [5, 5.41) is 3.49. The Morgan fingerprint density at radius 2 is 2.00 bits per heavy atom. The van der Waals surface area contributed by atoms with Gasteiger partial charge in [0.15, 0.2) is 0 Å². The molecule has 0 spiro atoms. The van der Waals surface area contributed by atoms with Crippen molar-refractivity contribution in [3.8, 4) is 5.75 Å². The van der Waals surface area contributed by atoms with Crippen molar-refractivity contribution in [3.63, 3.8) is 0 Å². The first-order valence-corrected chi connectivity index (χ1v) is 7.86. The van der Waals surface area contributed by atoms with Crippen LogP contribution in [0.4, 0.5) is 0 Å². The van der Waals surface area contributed by atoms with Gasteiger partial charge in [-0.3, -0.25) is 4.90 Å². The number of aryl methyl sites for hydroxylation is 2. The summed E-state index contributed by atoms with van der Waals surface area (Å²) in [6.07, 6.45) is 2.52. The van der Waals surface area contributed by atoms with E-state index in [4.69, 9.17) is 4.74 Å². The molecule has 0 radical (unpaired) electrons. The molecule has 0 aliphatic carbocycles. The maximum absolute atomic E-state index is 6.03. The minimum atomic E-state index is 0. The molecule has 1 saturated heterocycles. The number of nitrogens with one attached hydrogen (secondary N) is 1. The minimum absolute atomic E-state index is 0. The lowest BCUT2D eigenvalue weighted by molar-refractivity contribution is 0.126. The highest BCUT2D eigenvalue weighted by Gasteiger charge is 2.20. The highest BCUT2D eigenvalue weighted by molar-refractivity contribution is 5.85. The lowest BCUT2D eigenvalue weighted by Crippen LogP contribution is -2.52. The Balaban J connectivity index is 0.00000220. The average molecular weight is 313 g/mol. The molecule has 1 aliphatic rings. The molecule has 1 unspecified atom stereocenters. The van der Waals surface area contributed by atoms with Crippen molar-refractivity contribution in [2.24, 2.45) is 0 Å². The fourth-order valence-corrected chi connectivity index (χ4v) is 3.01. The van der Waals surface area contributed by atoms with E-state index in [1.165, 1.54) is 24.0 Å². The zero-order valence-corrected chi connectivity index (χ0v) is 14.3. The van der Waals surface area contributed by atoms with Crippen molar-refractivity contribution in [2.75, 3.05) is 32.8 Å².